The Balaban J connectivity index is 1.82. The molecule has 5 rings (SSSR count). The number of hydrogen-bond donors (Lipinski definition) is 1. The van der Waals surface area contributed by atoms with Gasteiger partial charge < -0.3 is 5.73 Å². The van der Waals surface area contributed by atoms with Gasteiger partial charge in [-0.05, 0) is 39.4 Å². The molecule has 0 aliphatic heterocycles. The van der Waals surface area contributed by atoms with Crippen LogP contribution in [0.25, 0.3) is 0 Å². The van der Waals surface area contributed by atoms with E-state index >= 15 is 0 Å². The summed E-state index contributed by atoms with van der Waals surface area (Å²) in [5, 5.41) is 0. The maximum absolute atomic E-state index is 14.5. The van der Waals surface area contributed by atoms with Crippen LogP contribution in [0, 0.1) is 0 Å². The molecule has 2 N–H and O–H groups in total. The Morgan fingerprint density at radius 3 is 1.16 bits per heavy atom. The zero-order chi connectivity index (χ0) is 25.8. The molecule has 1 nitrogen and oxygen atoms in total. The average molecular weight is 494 g/mol. The van der Waals surface area contributed by atoms with Crippen LogP contribution in [0.4, 0.5) is 18.9 Å². The summed E-state index contributed by atoms with van der Waals surface area (Å²) in [7, 11) is 0. The van der Waals surface area contributed by atoms with Crippen molar-refractivity contribution >= 4 is 5.69 Å². The smallest absolute Gasteiger partial charge is 0.398 e. The van der Waals surface area contributed by atoms with Crippen LogP contribution in [0.2, 0.25) is 0 Å². The van der Waals surface area contributed by atoms with Gasteiger partial charge in [-0.1, -0.05) is 127 Å². The van der Waals surface area contributed by atoms with Crippen LogP contribution in [0.3, 0.4) is 0 Å². The van der Waals surface area contributed by atoms with Crippen molar-refractivity contribution in [3.8, 4) is 0 Å². The van der Waals surface area contributed by atoms with Gasteiger partial charge in [0, 0.05) is 17.5 Å². The van der Waals surface area contributed by atoms with Crippen LogP contribution < -0.4 is 5.73 Å². The lowest BCUT2D eigenvalue weighted by Gasteiger charge is -2.28. The van der Waals surface area contributed by atoms with Crippen molar-refractivity contribution < 1.29 is 13.2 Å². The van der Waals surface area contributed by atoms with E-state index in [1.54, 1.807) is 6.07 Å². The number of alkyl halides is 3. The van der Waals surface area contributed by atoms with Gasteiger partial charge in [0.1, 0.15) is 0 Å². The average Bonchev–Trinajstić information content (AvgIpc) is 2.92. The molecular formula is C33H26F3N. The molecule has 184 valence electrons. The fourth-order valence-electron chi connectivity index (χ4n) is 5.12. The van der Waals surface area contributed by atoms with Crippen molar-refractivity contribution in [3.63, 3.8) is 0 Å². The number of hydrogen-bond acceptors (Lipinski definition) is 1. The second-order valence-electron chi connectivity index (χ2n) is 9.04. The molecular weight excluding hydrogens is 467 g/mol. The molecule has 0 aliphatic rings. The maximum Gasteiger partial charge on any atom is 0.416 e. The summed E-state index contributed by atoms with van der Waals surface area (Å²) in [5.41, 5.74) is 10.4. The number of halogens is 3. The summed E-state index contributed by atoms with van der Waals surface area (Å²) in [6.45, 7) is 0. The second kappa shape index (κ2) is 10.4. The summed E-state index contributed by atoms with van der Waals surface area (Å²) in [6.07, 6.45) is -4.57. The third-order valence-corrected chi connectivity index (χ3v) is 6.76. The van der Waals surface area contributed by atoms with Crippen LogP contribution in [0.15, 0.2) is 133 Å². The predicted molar refractivity (Wildman–Crippen MR) is 144 cm³/mol. The number of benzene rings is 5. The highest BCUT2D eigenvalue weighted by molar-refractivity contribution is 5.67. The molecule has 0 saturated heterocycles. The summed E-state index contributed by atoms with van der Waals surface area (Å²) in [6, 6.07) is 40.8. The van der Waals surface area contributed by atoms with Gasteiger partial charge in [0.2, 0.25) is 0 Å². The minimum atomic E-state index is -4.57. The fourth-order valence-corrected chi connectivity index (χ4v) is 5.12. The van der Waals surface area contributed by atoms with Crippen molar-refractivity contribution in [1.82, 2.24) is 0 Å². The highest BCUT2D eigenvalue weighted by Gasteiger charge is 2.38. The van der Waals surface area contributed by atoms with E-state index in [1.807, 2.05) is 121 Å². The Kier molecular flexibility index (Phi) is 6.82. The monoisotopic (exact) mass is 493 g/mol. The van der Waals surface area contributed by atoms with Gasteiger partial charge in [-0.2, -0.15) is 13.2 Å². The Morgan fingerprint density at radius 2 is 0.811 bits per heavy atom. The van der Waals surface area contributed by atoms with E-state index in [9.17, 15) is 13.2 Å². The summed E-state index contributed by atoms with van der Waals surface area (Å²) >= 11 is 0. The van der Waals surface area contributed by atoms with Crippen LogP contribution in [-0.2, 0) is 6.18 Å². The topological polar surface area (TPSA) is 26.0 Å². The van der Waals surface area contributed by atoms with Gasteiger partial charge in [0.15, 0.2) is 0 Å². The Hall–Kier alpha value is -4.31. The SMILES string of the molecule is Nc1c(C(c2ccccc2)c2ccccc2)ccc(C(F)(F)F)c1C(c1ccccc1)c1ccccc1. The van der Waals surface area contributed by atoms with E-state index in [2.05, 4.69) is 0 Å². The van der Waals surface area contributed by atoms with E-state index in [1.165, 1.54) is 6.07 Å². The molecule has 0 bridgehead atoms. The first-order valence-corrected chi connectivity index (χ1v) is 12.1. The minimum Gasteiger partial charge on any atom is -0.398 e. The number of rotatable bonds is 6. The molecule has 0 radical (unpaired) electrons. The van der Waals surface area contributed by atoms with Gasteiger partial charge >= 0.3 is 6.18 Å². The molecule has 37 heavy (non-hydrogen) atoms. The van der Waals surface area contributed by atoms with E-state index in [4.69, 9.17) is 5.73 Å². The molecule has 0 aliphatic carbocycles. The van der Waals surface area contributed by atoms with E-state index in [0.717, 1.165) is 22.3 Å². The van der Waals surface area contributed by atoms with E-state index in [0.29, 0.717) is 5.56 Å². The zero-order valence-corrected chi connectivity index (χ0v) is 20.1. The van der Waals surface area contributed by atoms with Crippen molar-refractivity contribution in [2.75, 3.05) is 5.73 Å². The molecule has 0 saturated carbocycles. The lowest BCUT2D eigenvalue weighted by molar-refractivity contribution is -0.138. The van der Waals surface area contributed by atoms with Gasteiger partial charge in [0.25, 0.3) is 0 Å². The highest BCUT2D eigenvalue weighted by Crippen LogP contribution is 2.47. The quantitative estimate of drug-likeness (QED) is 0.186. The van der Waals surface area contributed by atoms with Gasteiger partial charge in [-0.3, -0.25) is 0 Å². The normalized spacial score (nSPS) is 11.7. The van der Waals surface area contributed by atoms with Crippen LogP contribution in [0.5, 0.6) is 0 Å². The summed E-state index contributed by atoms with van der Waals surface area (Å²) < 4.78 is 43.6. The molecule has 0 amide bonds. The van der Waals surface area contributed by atoms with Gasteiger partial charge in [-0.15, -0.1) is 0 Å². The minimum absolute atomic E-state index is 0.0827. The third kappa shape index (κ3) is 5.01. The molecule has 5 aromatic carbocycles. The molecule has 0 aromatic heterocycles. The molecule has 5 aromatic rings. The summed E-state index contributed by atoms with van der Waals surface area (Å²) in [5.74, 6) is -1.01. The molecule has 0 unspecified atom stereocenters. The first-order valence-electron chi connectivity index (χ1n) is 12.1. The van der Waals surface area contributed by atoms with E-state index < -0.39 is 17.7 Å². The highest BCUT2D eigenvalue weighted by atomic mass is 19.4. The molecule has 0 fully saturated rings. The van der Waals surface area contributed by atoms with E-state index in [-0.39, 0.29) is 17.2 Å². The number of nitrogen functional groups attached to an aromatic ring is 1. The van der Waals surface area contributed by atoms with Crippen molar-refractivity contribution in [2.45, 2.75) is 18.0 Å². The lowest BCUT2D eigenvalue weighted by atomic mass is 9.77. The van der Waals surface area contributed by atoms with Crippen molar-refractivity contribution in [2.24, 2.45) is 0 Å². The Morgan fingerprint density at radius 1 is 0.459 bits per heavy atom. The second-order valence-corrected chi connectivity index (χ2v) is 9.04. The van der Waals surface area contributed by atoms with Crippen LogP contribution >= 0.6 is 0 Å². The fraction of sp³-hybridized carbons (Fsp3) is 0.0909. The Bertz CT molecular complexity index is 1370. The summed E-state index contributed by atoms with van der Waals surface area (Å²) in [4.78, 5) is 0. The van der Waals surface area contributed by atoms with Gasteiger partial charge in [-0.25, -0.2) is 0 Å². The first-order chi connectivity index (χ1) is 17.9. The van der Waals surface area contributed by atoms with Crippen molar-refractivity contribution in [1.29, 1.82) is 0 Å². The zero-order valence-electron chi connectivity index (χ0n) is 20.1. The molecule has 0 heterocycles. The number of nitrogens with two attached hydrogens (primary N) is 1. The standard InChI is InChI=1S/C33H26F3N/c34-33(35,36)28-22-21-27(29(23-13-5-1-6-14-23)24-15-7-2-8-16-24)32(37)31(28)30(25-17-9-3-10-18-25)26-19-11-4-12-20-26/h1-22,29-30H,37H2. The molecule has 0 atom stereocenters. The third-order valence-electron chi connectivity index (χ3n) is 6.76. The molecule has 0 spiro atoms. The largest absolute Gasteiger partial charge is 0.416 e. The lowest BCUT2D eigenvalue weighted by Crippen LogP contribution is -2.19. The van der Waals surface area contributed by atoms with Crippen LogP contribution in [-0.4, -0.2) is 0 Å². The maximum atomic E-state index is 14.5. The molecule has 4 heteroatoms. The Labute approximate surface area is 215 Å². The first kappa shape index (κ1) is 24.4. The van der Waals surface area contributed by atoms with Gasteiger partial charge in [0.05, 0.1) is 5.56 Å². The predicted octanol–water partition coefficient (Wildman–Crippen LogP) is 8.65. The van der Waals surface area contributed by atoms with Crippen LogP contribution in [0.1, 0.15) is 50.8 Å². The van der Waals surface area contributed by atoms with Crippen molar-refractivity contribution in [3.05, 3.63) is 172 Å². The number of anilines is 1.